The third-order valence-electron chi connectivity index (χ3n) is 10.4. The number of aromatic nitrogens is 2. The smallest absolute Gasteiger partial charge is 0.407 e. The number of rotatable bonds is 6. The van der Waals surface area contributed by atoms with E-state index in [0.29, 0.717) is 46.1 Å². The van der Waals surface area contributed by atoms with Gasteiger partial charge in [0.2, 0.25) is 5.91 Å². The van der Waals surface area contributed by atoms with Crippen LogP contribution >= 0.6 is 34.8 Å². The average Bonchev–Trinajstić information content (AvgIpc) is 3.33. The molecule has 0 radical (unpaired) electrons. The van der Waals surface area contributed by atoms with E-state index in [-0.39, 0.29) is 81.9 Å². The minimum absolute atomic E-state index is 0.0240. The number of hydrogen-bond acceptors (Lipinski definition) is 4. The summed E-state index contributed by atoms with van der Waals surface area (Å²) in [6, 6.07) is 9.38. The highest BCUT2D eigenvalue weighted by molar-refractivity contribution is 6.43. The second-order valence-corrected chi connectivity index (χ2v) is 14.2. The molecular weight excluding hydrogens is 671 g/mol. The second-order valence-electron chi connectivity index (χ2n) is 13.1. The van der Waals surface area contributed by atoms with Gasteiger partial charge in [-0.25, -0.2) is 18.6 Å². The lowest BCUT2D eigenvalue weighted by Crippen LogP contribution is -2.43. The Balaban J connectivity index is 1.42. The van der Waals surface area contributed by atoms with Crippen LogP contribution in [0, 0.1) is 29.0 Å². The zero-order valence-electron chi connectivity index (χ0n) is 24.9. The van der Waals surface area contributed by atoms with Gasteiger partial charge in [-0.3, -0.25) is 4.79 Å². The Kier molecular flexibility index (Phi) is 7.32. The molecule has 242 valence electrons. The molecule has 5 aliphatic rings. The Morgan fingerprint density at radius 2 is 1.87 bits per heavy atom. The van der Waals surface area contributed by atoms with E-state index < -0.39 is 24.1 Å². The number of benzene rings is 2. The number of carbonyl (C=O) groups is 2. The molecule has 3 saturated heterocycles. The van der Waals surface area contributed by atoms with Gasteiger partial charge in [-0.15, -0.1) is 0 Å². The molecule has 2 saturated carbocycles. The van der Waals surface area contributed by atoms with Crippen molar-refractivity contribution < 1.29 is 23.5 Å². The number of halogens is 5. The van der Waals surface area contributed by atoms with Crippen LogP contribution < -0.4 is 0 Å². The topological polar surface area (TPSA) is 102 Å². The van der Waals surface area contributed by atoms with Crippen LogP contribution in [0.2, 0.25) is 15.2 Å². The molecule has 13 heteroatoms. The van der Waals surface area contributed by atoms with Crippen LogP contribution in [0.4, 0.5) is 13.6 Å². The molecule has 2 aromatic carbocycles. The molecule has 2 amide bonds. The van der Waals surface area contributed by atoms with Crippen molar-refractivity contribution in [3.63, 3.8) is 0 Å². The number of aryl methyl sites for hydroxylation is 1. The summed E-state index contributed by atoms with van der Waals surface area (Å²) in [4.78, 5) is 33.2. The van der Waals surface area contributed by atoms with Crippen molar-refractivity contribution in [1.29, 1.82) is 5.26 Å². The van der Waals surface area contributed by atoms with E-state index in [1.54, 1.807) is 29.2 Å². The Hall–Kier alpha value is -3.65. The predicted octanol–water partition coefficient (Wildman–Crippen LogP) is 8.36. The standard InChI is InChI=1S/C34H28Cl3F2N5O3/c35-22-5-1-4-19(27(22)36)26-16(3-2-8-40)9-20-29(28(26)39)41-32(37)21-12-24(23-11-18(38)14-42(23)33(45)15-6-7-15)44(31(20)21)30-17-10-25(30)43(13-17)34(46)47/h1,4-5,9,12,15,17-18,23,25,30H,2-3,6-7,10-11,13-14H2,(H,46,47)/t17-,18+,23-,25-,30+/m1/s1. The van der Waals surface area contributed by atoms with Crippen molar-refractivity contribution in [2.24, 2.45) is 11.8 Å². The summed E-state index contributed by atoms with van der Waals surface area (Å²) >= 11 is 19.8. The highest BCUT2D eigenvalue weighted by Gasteiger charge is 2.56. The van der Waals surface area contributed by atoms with Crippen molar-refractivity contribution in [2.45, 2.75) is 62.8 Å². The van der Waals surface area contributed by atoms with Gasteiger partial charge in [0, 0.05) is 58.8 Å². The molecular formula is C34H28Cl3F2N5O3. The number of likely N-dealkylation sites (tertiary alicyclic amines) is 1. The lowest BCUT2D eigenvalue weighted by molar-refractivity contribution is -0.133. The normalized spacial score (nSPS) is 25.1. The van der Waals surface area contributed by atoms with Gasteiger partial charge in [0.25, 0.3) is 0 Å². The molecule has 5 fully saturated rings. The third-order valence-corrected chi connectivity index (χ3v) is 11.5. The highest BCUT2D eigenvalue weighted by Crippen LogP contribution is 2.54. The van der Waals surface area contributed by atoms with Crippen LogP contribution in [-0.2, 0) is 11.2 Å². The van der Waals surface area contributed by atoms with Crippen molar-refractivity contribution in [2.75, 3.05) is 13.1 Å². The zero-order chi connectivity index (χ0) is 32.9. The fraction of sp³-hybridized carbons (Fsp3) is 0.412. The van der Waals surface area contributed by atoms with Crippen molar-refractivity contribution in [3.8, 4) is 17.2 Å². The van der Waals surface area contributed by atoms with Gasteiger partial charge in [0.05, 0.1) is 46.3 Å². The van der Waals surface area contributed by atoms with Crippen LogP contribution in [0.3, 0.4) is 0 Å². The van der Waals surface area contributed by atoms with Gasteiger partial charge >= 0.3 is 6.09 Å². The van der Waals surface area contributed by atoms with Crippen LogP contribution in [0.15, 0.2) is 30.3 Å². The molecule has 0 spiro atoms. The summed E-state index contributed by atoms with van der Waals surface area (Å²) < 4.78 is 34.1. The molecule has 0 unspecified atom stereocenters. The van der Waals surface area contributed by atoms with E-state index in [9.17, 15) is 20.0 Å². The lowest BCUT2D eigenvalue weighted by atomic mass is 9.79. The van der Waals surface area contributed by atoms with E-state index in [1.807, 2.05) is 10.6 Å². The van der Waals surface area contributed by atoms with E-state index >= 15 is 8.78 Å². The van der Waals surface area contributed by atoms with Crippen LogP contribution in [0.1, 0.15) is 55.4 Å². The maximum absolute atomic E-state index is 16.9. The Bertz CT molecular complexity index is 2060. The maximum Gasteiger partial charge on any atom is 0.407 e. The van der Waals surface area contributed by atoms with Crippen LogP contribution in [0.5, 0.6) is 0 Å². The number of carboxylic acid groups (broad SMARTS) is 1. The molecule has 5 atom stereocenters. The Labute approximate surface area is 283 Å². The first-order valence-corrected chi connectivity index (χ1v) is 16.8. The summed E-state index contributed by atoms with van der Waals surface area (Å²) in [5.74, 6) is -0.924. The molecule has 4 aromatic rings. The van der Waals surface area contributed by atoms with Crippen LogP contribution in [0.25, 0.3) is 32.9 Å². The van der Waals surface area contributed by atoms with Gasteiger partial charge in [0.1, 0.15) is 16.8 Å². The molecule has 5 heterocycles. The van der Waals surface area contributed by atoms with Crippen molar-refractivity contribution >= 4 is 68.6 Å². The first-order chi connectivity index (χ1) is 22.6. The fourth-order valence-electron chi connectivity index (χ4n) is 8.14. The summed E-state index contributed by atoms with van der Waals surface area (Å²) in [5.41, 5.74) is 2.19. The number of amides is 2. The number of hydrogen-bond donors (Lipinski definition) is 1. The van der Waals surface area contributed by atoms with E-state index in [0.717, 1.165) is 12.8 Å². The summed E-state index contributed by atoms with van der Waals surface area (Å²) in [7, 11) is 0. The minimum Gasteiger partial charge on any atom is -0.465 e. The molecule has 2 aromatic heterocycles. The summed E-state index contributed by atoms with van der Waals surface area (Å²) in [6.07, 6.45) is 0.341. The van der Waals surface area contributed by atoms with Gasteiger partial charge in [-0.1, -0.05) is 46.9 Å². The van der Waals surface area contributed by atoms with Crippen molar-refractivity contribution in [1.82, 2.24) is 19.4 Å². The Morgan fingerprint density at radius 1 is 1.09 bits per heavy atom. The predicted molar refractivity (Wildman–Crippen MR) is 174 cm³/mol. The molecule has 47 heavy (non-hydrogen) atoms. The third kappa shape index (κ3) is 4.68. The largest absolute Gasteiger partial charge is 0.465 e. The van der Waals surface area contributed by atoms with Gasteiger partial charge < -0.3 is 19.5 Å². The number of carbonyl (C=O) groups excluding carboxylic acids is 1. The zero-order valence-corrected chi connectivity index (χ0v) is 27.2. The second kappa shape index (κ2) is 11.2. The molecule has 3 aliphatic heterocycles. The minimum atomic E-state index is -1.23. The first-order valence-electron chi connectivity index (χ1n) is 15.7. The van der Waals surface area contributed by atoms with Gasteiger partial charge in [-0.2, -0.15) is 5.26 Å². The maximum atomic E-state index is 16.9. The Morgan fingerprint density at radius 3 is 2.57 bits per heavy atom. The van der Waals surface area contributed by atoms with Crippen molar-refractivity contribution in [3.05, 3.63) is 62.6 Å². The number of nitriles is 1. The van der Waals surface area contributed by atoms with Crippen LogP contribution in [-0.4, -0.2) is 61.8 Å². The average molecular weight is 699 g/mol. The van der Waals surface area contributed by atoms with E-state index in [1.165, 1.54) is 4.90 Å². The SMILES string of the molecule is N#CCCc1cc2c(nc(Cl)c3cc([C@H]4C[C@H](F)CN4C(=O)C4CC4)n([C@H]4[C@@H]5C[C@H]4N(C(=O)O)C5)c32)c(F)c1-c1cccc(Cl)c1Cl. The molecule has 2 bridgehead atoms. The number of pyridine rings is 1. The molecule has 1 N–H and O–H groups in total. The number of alkyl halides is 1. The van der Waals surface area contributed by atoms with E-state index in [4.69, 9.17) is 34.8 Å². The van der Waals surface area contributed by atoms with Gasteiger partial charge in [-0.05, 0) is 49.4 Å². The quantitative estimate of drug-likeness (QED) is 0.204. The highest BCUT2D eigenvalue weighted by atomic mass is 35.5. The summed E-state index contributed by atoms with van der Waals surface area (Å²) in [6.45, 7) is 0.310. The lowest BCUT2D eigenvalue weighted by Gasteiger charge is -2.40. The number of nitrogens with zero attached hydrogens (tertiary/aromatic N) is 5. The molecule has 9 rings (SSSR count). The first kappa shape index (κ1) is 30.7. The fourth-order valence-corrected chi connectivity index (χ4v) is 8.76. The summed E-state index contributed by atoms with van der Waals surface area (Å²) in [5, 5.41) is 20.8. The van der Waals surface area contributed by atoms with Gasteiger partial charge in [0.15, 0.2) is 5.82 Å². The molecule has 8 nitrogen and oxygen atoms in total. The van der Waals surface area contributed by atoms with E-state index in [2.05, 4.69) is 11.1 Å². The number of fused-ring (bicyclic) bond motifs is 4. The molecule has 2 aliphatic carbocycles. The monoisotopic (exact) mass is 697 g/mol.